The highest BCUT2D eigenvalue weighted by molar-refractivity contribution is 7.96. The summed E-state index contributed by atoms with van der Waals surface area (Å²) in [7, 11) is 0. The lowest BCUT2D eigenvalue weighted by molar-refractivity contribution is 0.837. The molecule has 0 bridgehead atoms. The van der Waals surface area contributed by atoms with Crippen LogP contribution in [0.2, 0.25) is 5.02 Å². The van der Waals surface area contributed by atoms with Gasteiger partial charge in [0.25, 0.3) is 5.56 Å². The molecule has 1 N–H and O–H groups in total. The first kappa shape index (κ1) is 25.1. The number of para-hydroxylation sites is 1. The van der Waals surface area contributed by atoms with Crippen LogP contribution >= 0.6 is 23.5 Å². The Labute approximate surface area is 235 Å². The van der Waals surface area contributed by atoms with Crippen LogP contribution < -0.4 is 10.3 Å². The van der Waals surface area contributed by atoms with Crippen molar-refractivity contribution in [1.29, 1.82) is 0 Å². The van der Waals surface area contributed by atoms with E-state index in [1.54, 1.807) is 16.7 Å². The van der Waals surface area contributed by atoms with E-state index in [2.05, 4.69) is 29.0 Å². The number of nitrogens with zero attached hydrogens (tertiary/aromatic N) is 4. The first-order chi connectivity index (χ1) is 19.1. The van der Waals surface area contributed by atoms with Crippen LogP contribution in [0.3, 0.4) is 0 Å². The first-order valence-electron chi connectivity index (χ1n) is 12.4. The largest absolute Gasteiger partial charge is 0.286 e. The van der Waals surface area contributed by atoms with Crippen molar-refractivity contribution in [2.75, 3.05) is 6.26 Å². The summed E-state index contributed by atoms with van der Waals surface area (Å²) < 4.78 is 6.83. The maximum atomic E-state index is 14.2. The zero-order valence-corrected chi connectivity index (χ0v) is 22.7. The highest BCUT2D eigenvalue weighted by atomic mass is 35.5. The van der Waals surface area contributed by atoms with E-state index in [9.17, 15) is 4.79 Å². The van der Waals surface area contributed by atoms with Crippen molar-refractivity contribution in [3.8, 4) is 33.9 Å². The van der Waals surface area contributed by atoms with Gasteiger partial charge in [0, 0.05) is 16.3 Å². The second kappa shape index (κ2) is 10.9. The van der Waals surface area contributed by atoms with E-state index < -0.39 is 0 Å². The van der Waals surface area contributed by atoms with Crippen molar-refractivity contribution in [1.82, 2.24) is 23.8 Å². The molecule has 2 heterocycles. The molecule has 0 fully saturated rings. The number of imidazole rings is 1. The van der Waals surface area contributed by atoms with E-state index in [1.165, 1.54) is 11.9 Å². The number of hydrogen-bond donors (Lipinski definition) is 1. The highest BCUT2D eigenvalue weighted by Crippen LogP contribution is 2.28. The number of halogens is 1. The van der Waals surface area contributed by atoms with Gasteiger partial charge in [-0.2, -0.15) is 0 Å². The van der Waals surface area contributed by atoms with E-state index in [1.807, 2.05) is 83.6 Å². The molecule has 0 saturated heterocycles. The van der Waals surface area contributed by atoms with Gasteiger partial charge in [0.15, 0.2) is 11.2 Å². The summed E-state index contributed by atoms with van der Waals surface area (Å²) in [6, 6.07) is 35.3. The molecule has 0 saturated carbocycles. The monoisotopic (exact) mass is 549 g/mol. The number of benzene rings is 4. The number of fused-ring (bicyclic) bond motifs is 1. The van der Waals surface area contributed by atoms with Crippen LogP contribution in [0, 0.1) is 0 Å². The summed E-state index contributed by atoms with van der Waals surface area (Å²) in [6.07, 6.45) is 1.96. The van der Waals surface area contributed by atoms with Crippen molar-refractivity contribution in [3.05, 3.63) is 130 Å². The summed E-state index contributed by atoms with van der Waals surface area (Å²) in [5.41, 5.74) is 5.14. The molecule has 8 heteroatoms. The van der Waals surface area contributed by atoms with E-state index in [-0.39, 0.29) is 5.56 Å². The number of nitrogens with one attached hydrogen (secondary N) is 1. The van der Waals surface area contributed by atoms with Crippen LogP contribution in [0.5, 0.6) is 0 Å². The molecule has 0 aliphatic carbocycles. The normalized spacial score (nSPS) is 11.2. The van der Waals surface area contributed by atoms with E-state index >= 15 is 0 Å². The van der Waals surface area contributed by atoms with E-state index in [0.29, 0.717) is 40.1 Å². The number of hydrogen-bond acceptors (Lipinski definition) is 5. The highest BCUT2D eigenvalue weighted by Gasteiger charge is 2.22. The Kier molecular flexibility index (Phi) is 7.02. The van der Waals surface area contributed by atoms with Crippen LogP contribution in [-0.2, 0) is 6.54 Å². The Hall–Kier alpha value is -4.17. The molecule has 0 atom stereocenters. The van der Waals surface area contributed by atoms with Crippen molar-refractivity contribution in [2.45, 2.75) is 6.54 Å². The Bertz CT molecular complexity index is 1800. The van der Waals surface area contributed by atoms with Crippen LogP contribution in [0.15, 0.2) is 114 Å². The summed E-state index contributed by atoms with van der Waals surface area (Å²) in [6.45, 7) is 0.466. The lowest BCUT2D eigenvalue weighted by atomic mass is 10.0. The third-order valence-electron chi connectivity index (χ3n) is 6.48. The minimum absolute atomic E-state index is 0.246. The van der Waals surface area contributed by atoms with Gasteiger partial charge in [-0.05, 0) is 53.8 Å². The molecular formula is C31H24ClN5OS. The summed E-state index contributed by atoms with van der Waals surface area (Å²) in [5.74, 6) is 1.23. The van der Waals surface area contributed by atoms with Gasteiger partial charge in [0.1, 0.15) is 11.6 Å². The SMILES string of the molecule is CSNCc1nc2c(=O)n(-c3ccc(Cl)cc3)c(-c3ccc(-c4ccccc4)cc3)nc2n1-c1ccccc1. The molecule has 0 spiro atoms. The van der Waals surface area contributed by atoms with Crippen LogP contribution in [0.25, 0.3) is 45.1 Å². The summed E-state index contributed by atoms with van der Waals surface area (Å²) in [5, 5.41) is 0.591. The summed E-state index contributed by atoms with van der Waals surface area (Å²) in [4.78, 5) is 24.0. The lowest BCUT2D eigenvalue weighted by Crippen LogP contribution is -2.22. The standard InChI is InChI=1S/C31H24ClN5OS/c1-39-33-20-27-34-28-30(36(27)25-10-6-3-7-11-25)35-29(37(31(28)38)26-18-16-24(32)17-19-26)23-14-12-22(13-15-23)21-8-4-2-5-9-21/h2-19,33H,20H2,1H3. The lowest BCUT2D eigenvalue weighted by Gasteiger charge is -2.14. The average Bonchev–Trinajstić information content (AvgIpc) is 3.36. The zero-order chi connectivity index (χ0) is 26.8. The van der Waals surface area contributed by atoms with E-state index in [4.69, 9.17) is 21.6 Å². The fourth-order valence-corrected chi connectivity index (χ4v) is 5.02. The Morgan fingerprint density at radius 1 is 0.718 bits per heavy atom. The molecule has 6 rings (SSSR count). The van der Waals surface area contributed by atoms with Gasteiger partial charge in [-0.15, -0.1) is 0 Å². The Morgan fingerprint density at radius 3 is 1.97 bits per heavy atom. The molecule has 0 radical (unpaired) electrons. The molecule has 2 aromatic heterocycles. The third-order valence-corrected chi connectivity index (χ3v) is 7.16. The molecule has 4 aromatic carbocycles. The summed E-state index contributed by atoms with van der Waals surface area (Å²) >= 11 is 7.67. The third kappa shape index (κ3) is 4.88. The fraction of sp³-hybridized carbons (Fsp3) is 0.0645. The Morgan fingerprint density at radius 2 is 1.31 bits per heavy atom. The fourth-order valence-electron chi connectivity index (χ4n) is 4.63. The van der Waals surface area contributed by atoms with Crippen molar-refractivity contribution < 1.29 is 0 Å². The second-order valence-corrected chi connectivity index (χ2v) is 10.0. The van der Waals surface area contributed by atoms with Crippen molar-refractivity contribution >= 4 is 34.7 Å². The molecule has 0 amide bonds. The van der Waals surface area contributed by atoms with Crippen LogP contribution in [-0.4, -0.2) is 25.4 Å². The van der Waals surface area contributed by atoms with Gasteiger partial charge in [-0.25, -0.2) is 9.97 Å². The molecule has 0 aliphatic heterocycles. The predicted molar refractivity (Wildman–Crippen MR) is 161 cm³/mol. The topological polar surface area (TPSA) is 64.7 Å². The number of aromatic nitrogens is 4. The van der Waals surface area contributed by atoms with Crippen LogP contribution in [0.4, 0.5) is 0 Å². The van der Waals surface area contributed by atoms with Gasteiger partial charge in [0.05, 0.1) is 12.2 Å². The van der Waals surface area contributed by atoms with Gasteiger partial charge >= 0.3 is 0 Å². The molecule has 0 unspecified atom stereocenters. The molecule has 6 nitrogen and oxygen atoms in total. The van der Waals surface area contributed by atoms with Gasteiger partial charge < -0.3 is 0 Å². The van der Waals surface area contributed by atoms with Gasteiger partial charge in [0.2, 0.25) is 0 Å². The van der Waals surface area contributed by atoms with Crippen LogP contribution in [0.1, 0.15) is 5.82 Å². The minimum Gasteiger partial charge on any atom is -0.279 e. The zero-order valence-electron chi connectivity index (χ0n) is 21.1. The van der Waals surface area contributed by atoms with Gasteiger partial charge in [-0.3, -0.25) is 18.7 Å². The van der Waals surface area contributed by atoms with Crippen molar-refractivity contribution in [2.24, 2.45) is 0 Å². The predicted octanol–water partition coefficient (Wildman–Crippen LogP) is 6.93. The molecule has 39 heavy (non-hydrogen) atoms. The Balaban J connectivity index is 1.62. The molecular weight excluding hydrogens is 526 g/mol. The first-order valence-corrected chi connectivity index (χ1v) is 14.0. The number of rotatable bonds is 7. The quantitative estimate of drug-likeness (QED) is 0.219. The molecule has 6 aromatic rings. The molecule has 192 valence electrons. The molecule has 0 aliphatic rings. The minimum atomic E-state index is -0.246. The average molecular weight is 550 g/mol. The second-order valence-electron chi connectivity index (χ2n) is 8.89. The smallest absolute Gasteiger partial charge is 0.279 e. The maximum absolute atomic E-state index is 14.2. The van der Waals surface area contributed by atoms with Gasteiger partial charge in [-0.1, -0.05) is 96.3 Å². The maximum Gasteiger partial charge on any atom is 0.286 e. The van der Waals surface area contributed by atoms with Crippen molar-refractivity contribution in [3.63, 3.8) is 0 Å². The van der Waals surface area contributed by atoms with E-state index in [0.717, 1.165) is 22.4 Å².